The van der Waals surface area contributed by atoms with Crippen molar-refractivity contribution in [2.75, 3.05) is 31.9 Å². The standard InChI is InChI=1S/C14H22N2S/c15-10-13(11-16-8-4-5-9-16)12-17-14-6-2-1-3-7-14/h1-3,6-7,13H,4-5,8-12,15H2. The molecule has 0 saturated carbocycles. The zero-order valence-corrected chi connectivity index (χ0v) is 11.2. The average Bonchev–Trinajstić information content (AvgIpc) is 2.88. The molecular formula is C14H22N2S. The highest BCUT2D eigenvalue weighted by Crippen LogP contribution is 2.21. The fourth-order valence-corrected chi connectivity index (χ4v) is 3.28. The van der Waals surface area contributed by atoms with E-state index in [-0.39, 0.29) is 0 Å². The fraction of sp³-hybridized carbons (Fsp3) is 0.571. The van der Waals surface area contributed by atoms with Crippen molar-refractivity contribution in [1.29, 1.82) is 0 Å². The number of benzene rings is 1. The Morgan fingerprint density at radius 3 is 2.53 bits per heavy atom. The summed E-state index contributed by atoms with van der Waals surface area (Å²) in [5.74, 6) is 1.76. The molecule has 0 aliphatic carbocycles. The fourth-order valence-electron chi connectivity index (χ4n) is 2.26. The summed E-state index contributed by atoms with van der Waals surface area (Å²) in [6.07, 6.45) is 2.73. The van der Waals surface area contributed by atoms with Crippen LogP contribution in [0.3, 0.4) is 0 Å². The van der Waals surface area contributed by atoms with Gasteiger partial charge in [0.2, 0.25) is 0 Å². The Bertz CT molecular complexity index is 309. The van der Waals surface area contributed by atoms with E-state index in [0.29, 0.717) is 5.92 Å². The summed E-state index contributed by atoms with van der Waals surface area (Å²) >= 11 is 1.93. The molecule has 1 aliphatic heterocycles. The molecule has 94 valence electrons. The molecule has 0 spiro atoms. The van der Waals surface area contributed by atoms with Crippen LogP contribution in [0, 0.1) is 5.92 Å². The van der Waals surface area contributed by atoms with Gasteiger partial charge in [-0.15, -0.1) is 11.8 Å². The number of hydrogen-bond acceptors (Lipinski definition) is 3. The Kier molecular flexibility index (Phi) is 5.36. The maximum absolute atomic E-state index is 5.88. The zero-order chi connectivity index (χ0) is 11.9. The Labute approximate surface area is 109 Å². The second kappa shape index (κ2) is 7.04. The van der Waals surface area contributed by atoms with Crippen LogP contribution in [0.1, 0.15) is 12.8 Å². The number of likely N-dealkylation sites (tertiary alicyclic amines) is 1. The Hall–Kier alpha value is -0.510. The van der Waals surface area contributed by atoms with Crippen LogP contribution in [-0.4, -0.2) is 36.8 Å². The molecular weight excluding hydrogens is 228 g/mol. The largest absolute Gasteiger partial charge is 0.330 e. The first-order valence-corrected chi connectivity index (χ1v) is 7.47. The normalized spacial score (nSPS) is 18.4. The molecule has 1 heterocycles. The number of hydrogen-bond donors (Lipinski definition) is 1. The van der Waals surface area contributed by atoms with Crippen LogP contribution in [0.25, 0.3) is 0 Å². The van der Waals surface area contributed by atoms with Crippen molar-refractivity contribution >= 4 is 11.8 Å². The molecule has 0 amide bonds. The van der Waals surface area contributed by atoms with Gasteiger partial charge in [-0.3, -0.25) is 0 Å². The SMILES string of the molecule is NCC(CSc1ccccc1)CN1CCCC1. The van der Waals surface area contributed by atoms with Gasteiger partial charge < -0.3 is 10.6 Å². The lowest BCUT2D eigenvalue weighted by Gasteiger charge is -2.21. The third-order valence-electron chi connectivity index (χ3n) is 3.28. The van der Waals surface area contributed by atoms with E-state index >= 15 is 0 Å². The monoisotopic (exact) mass is 250 g/mol. The molecule has 2 rings (SSSR count). The van der Waals surface area contributed by atoms with E-state index in [1.54, 1.807) is 0 Å². The van der Waals surface area contributed by atoms with Gasteiger partial charge in [-0.1, -0.05) is 18.2 Å². The molecule has 17 heavy (non-hydrogen) atoms. The molecule has 1 atom stereocenters. The second-order valence-corrected chi connectivity index (χ2v) is 5.83. The predicted octanol–water partition coefficient (Wildman–Crippen LogP) is 2.45. The first-order chi connectivity index (χ1) is 8.38. The minimum atomic E-state index is 0.623. The van der Waals surface area contributed by atoms with E-state index in [2.05, 4.69) is 35.2 Å². The summed E-state index contributed by atoms with van der Waals surface area (Å²) in [4.78, 5) is 3.91. The highest BCUT2D eigenvalue weighted by Gasteiger charge is 2.16. The lowest BCUT2D eigenvalue weighted by atomic mass is 10.2. The molecule has 1 aromatic rings. The molecule has 1 fully saturated rings. The van der Waals surface area contributed by atoms with Gasteiger partial charge in [-0.25, -0.2) is 0 Å². The van der Waals surface area contributed by atoms with Crippen molar-refractivity contribution in [1.82, 2.24) is 4.90 Å². The smallest absolute Gasteiger partial charge is 0.00720 e. The molecule has 0 aromatic heterocycles. The highest BCUT2D eigenvalue weighted by molar-refractivity contribution is 7.99. The molecule has 2 nitrogen and oxygen atoms in total. The van der Waals surface area contributed by atoms with Crippen LogP contribution in [0.4, 0.5) is 0 Å². The van der Waals surface area contributed by atoms with Crippen LogP contribution in [0.2, 0.25) is 0 Å². The van der Waals surface area contributed by atoms with E-state index < -0.39 is 0 Å². The average molecular weight is 250 g/mol. The topological polar surface area (TPSA) is 29.3 Å². The first-order valence-electron chi connectivity index (χ1n) is 6.49. The molecule has 2 N–H and O–H groups in total. The summed E-state index contributed by atoms with van der Waals surface area (Å²) in [5, 5.41) is 0. The summed E-state index contributed by atoms with van der Waals surface area (Å²) in [6.45, 7) is 4.52. The van der Waals surface area contributed by atoms with Crippen molar-refractivity contribution in [3.8, 4) is 0 Å². The van der Waals surface area contributed by atoms with Crippen LogP contribution in [0.5, 0.6) is 0 Å². The van der Waals surface area contributed by atoms with E-state index in [1.165, 1.54) is 37.4 Å². The van der Waals surface area contributed by atoms with Crippen LogP contribution in [0.15, 0.2) is 35.2 Å². The molecule has 1 unspecified atom stereocenters. The van der Waals surface area contributed by atoms with Gasteiger partial charge in [0.25, 0.3) is 0 Å². The van der Waals surface area contributed by atoms with Gasteiger partial charge in [0.15, 0.2) is 0 Å². The number of rotatable bonds is 6. The van der Waals surface area contributed by atoms with Crippen molar-refractivity contribution < 1.29 is 0 Å². The third kappa shape index (κ3) is 4.34. The predicted molar refractivity (Wildman–Crippen MR) is 75.4 cm³/mol. The van der Waals surface area contributed by atoms with E-state index in [1.807, 2.05) is 11.8 Å². The maximum Gasteiger partial charge on any atom is 0.00720 e. The Balaban J connectivity index is 1.75. The molecule has 0 radical (unpaired) electrons. The van der Waals surface area contributed by atoms with Gasteiger partial charge in [0.05, 0.1) is 0 Å². The van der Waals surface area contributed by atoms with Gasteiger partial charge in [-0.2, -0.15) is 0 Å². The molecule has 1 aliphatic rings. The quantitative estimate of drug-likeness (QED) is 0.786. The van der Waals surface area contributed by atoms with Gasteiger partial charge in [0.1, 0.15) is 0 Å². The number of nitrogens with zero attached hydrogens (tertiary/aromatic N) is 1. The number of thioether (sulfide) groups is 1. The van der Waals surface area contributed by atoms with E-state index in [4.69, 9.17) is 5.73 Å². The molecule has 1 aromatic carbocycles. The molecule has 1 saturated heterocycles. The number of nitrogens with two attached hydrogens (primary N) is 1. The third-order valence-corrected chi connectivity index (χ3v) is 4.52. The Morgan fingerprint density at radius 1 is 1.18 bits per heavy atom. The highest BCUT2D eigenvalue weighted by atomic mass is 32.2. The van der Waals surface area contributed by atoms with Crippen LogP contribution >= 0.6 is 11.8 Å². The summed E-state index contributed by atoms with van der Waals surface area (Å²) in [5.41, 5.74) is 5.88. The molecule has 0 bridgehead atoms. The van der Waals surface area contributed by atoms with Gasteiger partial charge >= 0.3 is 0 Å². The van der Waals surface area contributed by atoms with Crippen molar-refractivity contribution in [3.63, 3.8) is 0 Å². The summed E-state index contributed by atoms with van der Waals surface area (Å²) in [6, 6.07) is 10.6. The van der Waals surface area contributed by atoms with Crippen molar-refractivity contribution in [2.45, 2.75) is 17.7 Å². The maximum atomic E-state index is 5.88. The lowest BCUT2D eigenvalue weighted by molar-refractivity contribution is 0.294. The second-order valence-electron chi connectivity index (χ2n) is 4.73. The van der Waals surface area contributed by atoms with Crippen LogP contribution in [-0.2, 0) is 0 Å². The first kappa shape index (κ1) is 12.9. The zero-order valence-electron chi connectivity index (χ0n) is 10.3. The van der Waals surface area contributed by atoms with E-state index in [9.17, 15) is 0 Å². The summed E-state index contributed by atoms with van der Waals surface area (Å²) < 4.78 is 0. The van der Waals surface area contributed by atoms with Crippen LogP contribution < -0.4 is 5.73 Å². The van der Waals surface area contributed by atoms with Crippen molar-refractivity contribution in [3.05, 3.63) is 30.3 Å². The minimum absolute atomic E-state index is 0.623. The minimum Gasteiger partial charge on any atom is -0.330 e. The van der Waals surface area contributed by atoms with Crippen molar-refractivity contribution in [2.24, 2.45) is 11.7 Å². The molecule has 3 heteroatoms. The lowest BCUT2D eigenvalue weighted by Crippen LogP contribution is -2.32. The summed E-state index contributed by atoms with van der Waals surface area (Å²) in [7, 11) is 0. The Morgan fingerprint density at radius 2 is 1.88 bits per heavy atom. The van der Waals surface area contributed by atoms with Gasteiger partial charge in [0, 0.05) is 17.2 Å². The van der Waals surface area contributed by atoms with Gasteiger partial charge in [-0.05, 0) is 50.5 Å². The van der Waals surface area contributed by atoms with E-state index in [0.717, 1.165) is 12.3 Å².